The number of rotatable bonds is 5. The third-order valence-corrected chi connectivity index (χ3v) is 4.19. The van der Waals surface area contributed by atoms with Crippen LogP contribution >= 0.6 is 11.8 Å². The van der Waals surface area contributed by atoms with Gasteiger partial charge in [0.2, 0.25) is 5.91 Å². The number of benzene rings is 1. The zero-order valence-corrected chi connectivity index (χ0v) is 11.9. The number of para-hydroxylation sites is 1. The molecule has 20 heavy (non-hydrogen) atoms. The molecule has 3 N–H and O–H groups in total. The van der Waals surface area contributed by atoms with Crippen LogP contribution in [-0.4, -0.2) is 41.1 Å². The molecular weight excluding hydrogens is 276 g/mol. The third kappa shape index (κ3) is 4.54. The molecule has 6 heteroatoms. The van der Waals surface area contributed by atoms with Gasteiger partial charge in [-0.05, 0) is 11.6 Å². The molecule has 1 unspecified atom stereocenters. The van der Waals surface area contributed by atoms with Crippen molar-refractivity contribution in [3.63, 3.8) is 0 Å². The van der Waals surface area contributed by atoms with Gasteiger partial charge in [0.05, 0.1) is 6.42 Å². The molecule has 1 amide bonds. The summed E-state index contributed by atoms with van der Waals surface area (Å²) in [4.78, 5) is 22.8. The average molecular weight is 294 g/mol. The van der Waals surface area contributed by atoms with Gasteiger partial charge in [-0.25, -0.2) is 0 Å². The summed E-state index contributed by atoms with van der Waals surface area (Å²) in [5, 5.41) is 15.0. The summed E-state index contributed by atoms with van der Waals surface area (Å²) in [7, 11) is 0. The van der Waals surface area contributed by atoms with Crippen molar-refractivity contribution >= 4 is 29.3 Å². The first-order valence-electron chi connectivity index (χ1n) is 6.56. The van der Waals surface area contributed by atoms with E-state index in [0.29, 0.717) is 17.7 Å². The van der Waals surface area contributed by atoms with Crippen molar-refractivity contribution in [3.8, 4) is 0 Å². The van der Waals surface area contributed by atoms with Crippen molar-refractivity contribution in [1.82, 2.24) is 5.32 Å². The van der Waals surface area contributed by atoms with Crippen LogP contribution in [0.5, 0.6) is 0 Å². The maximum absolute atomic E-state index is 12.0. The molecule has 1 fully saturated rings. The lowest BCUT2D eigenvalue weighted by atomic mass is 10.1. The molecular formula is C14H18N2O3S. The van der Waals surface area contributed by atoms with Crippen LogP contribution in [0.1, 0.15) is 12.0 Å². The second kappa shape index (κ2) is 7.31. The summed E-state index contributed by atoms with van der Waals surface area (Å²) < 4.78 is 0. The predicted octanol–water partition coefficient (Wildman–Crippen LogP) is 1.35. The van der Waals surface area contributed by atoms with E-state index >= 15 is 0 Å². The summed E-state index contributed by atoms with van der Waals surface area (Å²) >= 11 is 1.84. The SMILES string of the molecule is O=C(O)Cc1ccccc1NC(=O)CC1CSCCN1. The number of nitrogens with one attached hydrogen (secondary N) is 2. The molecule has 0 bridgehead atoms. The molecule has 1 aliphatic heterocycles. The van der Waals surface area contributed by atoms with Gasteiger partial charge in [0, 0.05) is 36.2 Å². The van der Waals surface area contributed by atoms with Crippen LogP contribution < -0.4 is 10.6 Å². The topological polar surface area (TPSA) is 78.4 Å². The van der Waals surface area contributed by atoms with Gasteiger partial charge in [-0.15, -0.1) is 0 Å². The molecule has 2 rings (SSSR count). The normalized spacial score (nSPS) is 18.5. The minimum atomic E-state index is -0.906. The molecule has 1 aromatic rings. The Balaban J connectivity index is 1.94. The Morgan fingerprint density at radius 1 is 1.40 bits per heavy atom. The van der Waals surface area contributed by atoms with E-state index in [4.69, 9.17) is 5.11 Å². The zero-order valence-electron chi connectivity index (χ0n) is 11.1. The van der Waals surface area contributed by atoms with Crippen molar-refractivity contribution in [2.75, 3.05) is 23.4 Å². The van der Waals surface area contributed by atoms with Crippen molar-refractivity contribution in [1.29, 1.82) is 0 Å². The van der Waals surface area contributed by atoms with Gasteiger partial charge in [0.1, 0.15) is 0 Å². The fraction of sp³-hybridized carbons (Fsp3) is 0.429. The maximum Gasteiger partial charge on any atom is 0.307 e. The Labute approximate surface area is 122 Å². The number of carbonyl (C=O) groups excluding carboxylic acids is 1. The number of aliphatic carboxylic acids is 1. The first kappa shape index (κ1) is 14.9. The number of amides is 1. The van der Waals surface area contributed by atoms with E-state index in [1.165, 1.54) is 0 Å². The average Bonchev–Trinajstić information content (AvgIpc) is 2.41. The fourth-order valence-electron chi connectivity index (χ4n) is 2.14. The minimum Gasteiger partial charge on any atom is -0.481 e. The van der Waals surface area contributed by atoms with E-state index in [1.54, 1.807) is 24.3 Å². The van der Waals surface area contributed by atoms with E-state index in [-0.39, 0.29) is 18.4 Å². The minimum absolute atomic E-state index is 0.0807. The van der Waals surface area contributed by atoms with Gasteiger partial charge in [-0.1, -0.05) is 18.2 Å². The zero-order chi connectivity index (χ0) is 14.4. The number of thioether (sulfide) groups is 1. The molecule has 1 aromatic carbocycles. The summed E-state index contributed by atoms with van der Waals surface area (Å²) in [6.07, 6.45) is 0.322. The molecule has 0 aromatic heterocycles. The van der Waals surface area contributed by atoms with E-state index in [0.717, 1.165) is 18.1 Å². The van der Waals surface area contributed by atoms with E-state index in [2.05, 4.69) is 10.6 Å². The van der Waals surface area contributed by atoms with Crippen LogP contribution in [-0.2, 0) is 16.0 Å². The highest BCUT2D eigenvalue weighted by molar-refractivity contribution is 7.99. The molecule has 1 atom stereocenters. The Kier molecular flexibility index (Phi) is 5.43. The Hall–Kier alpha value is -1.53. The summed E-state index contributed by atoms with van der Waals surface area (Å²) in [5.41, 5.74) is 1.21. The number of carbonyl (C=O) groups is 2. The molecule has 1 heterocycles. The second-order valence-electron chi connectivity index (χ2n) is 4.71. The molecule has 1 saturated heterocycles. The van der Waals surface area contributed by atoms with Gasteiger partial charge in [-0.3, -0.25) is 9.59 Å². The number of carboxylic acids is 1. The quantitative estimate of drug-likeness (QED) is 0.764. The Morgan fingerprint density at radius 3 is 2.90 bits per heavy atom. The van der Waals surface area contributed by atoms with Crippen molar-refractivity contribution in [2.45, 2.75) is 18.9 Å². The molecule has 5 nitrogen and oxygen atoms in total. The number of carboxylic acid groups (broad SMARTS) is 1. The van der Waals surface area contributed by atoms with Crippen molar-refractivity contribution in [3.05, 3.63) is 29.8 Å². The first-order chi connectivity index (χ1) is 9.65. The Bertz CT molecular complexity index is 487. The summed E-state index contributed by atoms with van der Waals surface area (Å²) in [6, 6.07) is 7.21. The van der Waals surface area contributed by atoms with E-state index in [9.17, 15) is 9.59 Å². The standard InChI is InChI=1S/C14H18N2O3S/c17-13(8-11-9-20-6-5-15-11)16-12-4-2-1-3-10(12)7-14(18)19/h1-4,11,15H,5-9H2,(H,16,17)(H,18,19). The maximum atomic E-state index is 12.0. The highest BCUT2D eigenvalue weighted by atomic mass is 32.2. The molecule has 0 radical (unpaired) electrons. The smallest absolute Gasteiger partial charge is 0.307 e. The molecule has 108 valence electrons. The van der Waals surface area contributed by atoms with Crippen LogP contribution in [0.15, 0.2) is 24.3 Å². The largest absolute Gasteiger partial charge is 0.481 e. The highest BCUT2D eigenvalue weighted by Gasteiger charge is 2.17. The molecule has 0 saturated carbocycles. The third-order valence-electron chi connectivity index (χ3n) is 3.06. The second-order valence-corrected chi connectivity index (χ2v) is 5.86. The molecule has 1 aliphatic rings. The summed E-state index contributed by atoms with van der Waals surface area (Å²) in [5.74, 6) is 1.03. The lowest BCUT2D eigenvalue weighted by molar-refractivity contribution is -0.136. The van der Waals surface area contributed by atoms with Crippen LogP contribution in [0.2, 0.25) is 0 Å². The number of anilines is 1. The van der Waals surface area contributed by atoms with E-state index < -0.39 is 5.97 Å². The molecule has 0 spiro atoms. The van der Waals surface area contributed by atoms with Crippen LogP contribution in [0.3, 0.4) is 0 Å². The van der Waals surface area contributed by atoms with Crippen LogP contribution in [0, 0.1) is 0 Å². The van der Waals surface area contributed by atoms with Crippen LogP contribution in [0.4, 0.5) is 5.69 Å². The van der Waals surface area contributed by atoms with Gasteiger partial charge < -0.3 is 15.7 Å². The predicted molar refractivity (Wildman–Crippen MR) is 80.1 cm³/mol. The van der Waals surface area contributed by atoms with Gasteiger partial charge in [0.15, 0.2) is 0 Å². The van der Waals surface area contributed by atoms with Crippen molar-refractivity contribution < 1.29 is 14.7 Å². The highest BCUT2D eigenvalue weighted by Crippen LogP contribution is 2.17. The first-order valence-corrected chi connectivity index (χ1v) is 7.71. The lowest BCUT2D eigenvalue weighted by Crippen LogP contribution is -2.40. The van der Waals surface area contributed by atoms with Gasteiger partial charge >= 0.3 is 5.97 Å². The molecule has 0 aliphatic carbocycles. The van der Waals surface area contributed by atoms with E-state index in [1.807, 2.05) is 11.8 Å². The van der Waals surface area contributed by atoms with Gasteiger partial charge in [0.25, 0.3) is 0 Å². The summed E-state index contributed by atoms with van der Waals surface area (Å²) in [6.45, 7) is 0.929. The lowest BCUT2D eigenvalue weighted by Gasteiger charge is -2.22. The monoisotopic (exact) mass is 294 g/mol. The Morgan fingerprint density at radius 2 is 2.20 bits per heavy atom. The van der Waals surface area contributed by atoms with Crippen LogP contribution in [0.25, 0.3) is 0 Å². The number of hydrogen-bond donors (Lipinski definition) is 3. The fourth-order valence-corrected chi connectivity index (χ4v) is 3.08. The number of hydrogen-bond acceptors (Lipinski definition) is 4. The van der Waals surface area contributed by atoms with Gasteiger partial charge in [-0.2, -0.15) is 11.8 Å². The van der Waals surface area contributed by atoms with Crippen molar-refractivity contribution in [2.24, 2.45) is 0 Å².